The molecular formula is C12H11N2NaS2. The number of hydrogen-bond acceptors (Lipinski definition) is 2. The molecule has 2 rings (SSSR count). The molecule has 17 heavy (non-hydrogen) atoms. The van der Waals surface area contributed by atoms with Gasteiger partial charge in [-0.3, -0.25) is 0 Å². The van der Waals surface area contributed by atoms with Crippen molar-refractivity contribution in [1.82, 2.24) is 5.32 Å². The van der Waals surface area contributed by atoms with E-state index in [1.807, 2.05) is 36.4 Å². The third kappa shape index (κ3) is 3.30. The van der Waals surface area contributed by atoms with Gasteiger partial charge in [0.05, 0.1) is 0 Å². The predicted octanol–water partition coefficient (Wildman–Crippen LogP) is -0.334. The molecule has 0 aliphatic rings. The molecule has 0 saturated heterocycles. The van der Waals surface area contributed by atoms with E-state index in [1.54, 1.807) is 7.05 Å². The average molecular weight is 270 g/mol. The summed E-state index contributed by atoms with van der Waals surface area (Å²) in [5.74, 6) is 0. The van der Waals surface area contributed by atoms with Crippen LogP contribution in [0.1, 0.15) is 0 Å². The van der Waals surface area contributed by atoms with E-state index in [-0.39, 0.29) is 29.6 Å². The van der Waals surface area contributed by atoms with Crippen LogP contribution in [0, 0.1) is 0 Å². The second-order valence-corrected chi connectivity index (χ2v) is 4.21. The number of benzene rings is 2. The Hall–Kier alpha value is -0.390. The Morgan fingerprint density at radius 1 is 1.12 bits per heavy atom. The molecule has 0 atom stereocenters. The summed E-state index contributed by atoms with van der Waals surface area (Å²) in [4.78, 5) is 0.858. The maximum atomic E-state index is 5.28. The molecular weight excluding hydrogens is 259 g/mol. The molecule has 5 heteroatoms. The first kappa shape index (κ1) is 14.7. The van der Waals surface area contributed by atoms with Crippen LogP contribution in [0.3, 0.4) is 0 Å². The summed E-state index contributed by atoms with van der Waals surface area (Å²) in [6.07, 6.45) is 0. The zero-order valence-electron chi connectivity index (χ0n) is 9.78. The van der Waals surface area contributed by atoms with Gasteiger partial charge in [0.1, 0.15) is 0 Å². The maximum Gasteiger partial charge on any atom is 1.00 e. The van der Waals surface area contributed by atoms with Crippen LogP contribution in [-0.2, 0) is 12.6 Å². The molecule has 0 aliphatic carbocycles. The van der Waals surface area contributed by atoms with E-state index in [2.05, 4.69) is 10.6 Å². The average Bonchev–Trinajstić information content (AvgIpc) is 2.33. The molecule has 82 valence electrons. The van der Waals surface area contributed by atoms with Crippen molar-refractivity contribution in [2.45, 2.75) is 4.90 Å². The molecule has 2 aromatic rings. The first-order valence-corrected chi connectivity index (χ1v) is 5.71. The molecule has 0 saturated carbocycles. The van der Waals surface area contributed by atoms with Crippen LogP contribution in [0.5, 0.6) is 0 Å². The van der Waals surface area contributed by atoms with Gasteiger partial charge >= 0.3 is 29.6 Å². The summed E-state index contributed by atoms with van der Waals surface area (Å²) in [5, 5.41) is 8.78. The van der Waals surface area contributed by atoms with Gasteiger partial charge in [-0.25, -0.2) is 0 Å². The summed E-state index contributed by atoms with van der Waals surface area (Å²) in [7, 11) is 1.79. The van der Waals surface area contributed by atoms with Crippen LogP contribution in [0.4, 0.5) is 5.69 Å². The maximum absolute atomic E-state index is 5.28. The van der Waals surface area contributed by atoms with Crippen LogP contribution >= 0.6 is 12.2 Å². The molecule has 0 fully saturated rings. The summed E-state index contributed by atoms with van der Waals surface area (Å²) in [6.45, 7) is 0. The molecule has 2 N–H and O–H groups in total. The van der Waals surface area contributed by atoms with Crippen LogP contribution in [0.2, 0.25) is 0 Å². The smallest absolute Gasteiger partial charge is 0.779 e. The van der Waals surface area contributed by atoms with Gasteiger partial charge < -0.3 is 23.3 Å². The molecule has 0 unspecified atom stereocenters. The molecule has 2 aromatic carbocycles. The standard InChI is InChI=1S/C12H12N2S2.Na/c1-13-12(16)14-10-6-7-11(15)9-5-3-2-4-8(9)10;/h2-7,15H,1H3,(H2,13,14,16);/q;+1/p-1. The largest absolute Gasteiger partial charge is 1.00 e. The Labute approximate surface area is 134 Å². The van der Waals surface area contributed by atoms with Crippen LogP contribution in [0.15, 0.2) is 41.3 Å². The molecule has 0 aliphatic heterocycles. The number of fused-ring (bicyclic) bond motifs is 1. The minimum Gasteiger partial charge on any atom is -0.779 e. The second kappa shape index (κ2) is 6.52. The predicted molar refractivity (Wildman–Crippen MR) is 74.9 cm³/mol. The van der Waals surface area contributed by atoms with Gasteiger partial charge in [-0.1, -0.05) is 30.3 Å². The van der Waals surface area contributed by atoms with Gasteiger partial charge in [0.2, 0.25) is 0 Å². The van der Waals surface area contributed by atoms with Crippen LogP contribution in [-0.4, -0.2) is 12.2 Å². The molecule has 0 aromatic heterocycles. The van der Waals surface area contributed by atoms with Gasteiger partial charge in [-0.05, 0) is 23.7 Å². The van der Waals surface area contributed by atoms with Gasteiger partial charge in [-0.15, -0.1) is 0 Å². The molecule has 0 bridgehead atoms. The van der Waals surface area contributed by atoms with Gasteiger partial charge in [0.15, 0.2) is 5.11 Å². The SMILES string of the molecule is CNC(=S)Nc1ccc([S-])c2ccccc12.[Na+]. The Morgan fingerprint density at radius 2 is 1.76 bits per heavy atom. The third-order valence-corrected chi connectivity index (χ3v) is 3.02. The van der Waals surface area contributed by atoms with Gasteiger partial charge in [-0.2, -0.15) is 4.90 Å². The number of rotatable bonds is 1. The van der Waals surface area contributed by atoms with Crippen molar-refractivity contribution in [3.63, 3.8) is 0 Å². The van der Waals surface area contributed by atoms with Crippen molar-refractivity contribution in [2.75, 3.05) is 12.4 Å². The molecule has 0 amide bonds. The normalized spacial score (nSPS) is 9.47. The van der Waals surface area contributed by atoms with E-state index < -0.39 is 0 Å². The van der Waals surface area contributed by atoms with E-state index in [1.165, 1.54) is 0 Å². The van der Waals surface area contributed by atoms with Crippen molar-refractivity contribution in [1.29, 1.82) is 0 Å². The van der Waals surface area contributed by atoms with E-state index in [0.29, 0.717) is 5.11 Å². The van der Waals surface area contributed by atoms with Crippen LogP contribution in [0.25, 0.3) is 10.8 Å². The number of hydrogen-bond donors (Lipinski definition) is 2. The minimum atomic E-state index is 0. The molecule has 0 spiro atoms. The van der Waals surface area contributed by atoms with Crippen molar-refractivity contribution in [3.8, 4) is 0 Å². The van der Waals surface area contributed by atoms with Crippen molar-refractivity contribution in [2.24, 2.45) is 0 Å². The monoisotopic (exact) mass is 270 g/mol. The van der Waals surface area contributed by atoms with Crippen molar-refractivity contribution < 1.29 is 29.6 Å². The van der Waals surface area contributed by atoms with E-state index in [0.717, 1.165) is 21.4 Å². The second-order valence-electron chi connectivity index (χ2n) is 3.36. The summed E-state index contributed by atoms with van der Waals surface area (Å²) in [6, 6.07) is 11.9. The fraction of sp³-hybridized carbons (Fsp3) is 0.0833. The van der Waals surface area contributed by atoms with Crippen molar-refractivity contribution >= 4 is 46.4 Å². The first-order chi connectivity index (χ1) is 7.72. The Bertz CT molecular complexity index is 543. The first-order valence-electron chi connectivity index (χ1n) is 4.90. The molecule has 0 heterocycles. The van der Waals surface area contributed by atoms with E-state index in [4.69, 9.17) is 24.8 Å². The minimum absolute atomic E-state index is 0. The Kier molecular flexibility index (Phi) is 5.62. The van der Waals surface area contributed by atoms with Crippen molar-refractivity contribution in [3.05, 3.63) is 36.4 Å². The Morgan fingerprint density at radius 3 is 2.41 bits per heavy atom. The van der Waals surface area contributed by atoms with E-state index >= 15 is 0 Å². The fourth-order valence-electron chi connectivity index (χ4n) is 1.57. The summed E-state index contributed by atoms with van der Waals surface area (Å²) >= 11 is 10.4. The number of nitrogens with one attached hydrogen (secondary N) is 2. The van der Waals surface area contributed by atoms with Gasteiger partial charge in [0, 0.05) is 18.1 Å². The zero-order valence-corrected chi connectivity index (χ0v) is 13.4. The summed E-state index contributed by atoms with van der Waals surface area (Å²) < 4.78 is 0. The number of anilines is 1. The quantitative estimate of drug-likeness (QED) is 0.421. The fourth-order valence-corrected chi connectivity index (χ4v) is 1.92. The van der Waals surface area contributed by atoms with Crippen LogP contribution < -0.4 is 40.2 Å². The third-order valence-electron chi connectivity index (χ3n) is 2.36. The molecule has 2 nitrogen and oxygen atoms in total. The summed E-state index contributed by atoms with van der Waals surface area (Å²) in [5.41, 5.74) is 0.976. The number of thiocarbonyl (C=S) groups is 1. The van der Waals surface area contributed by atoms with E-state index in [9.17, 15) is 0 Å². The Balaban J connectivity index is 0.00000144. The van der Waals surface area contributed by atoms with Gasteiger partial charge in [0.25, 0.3) is 0 Å². The molecule has 0 radical (unpaired) electrons. The topological polar surface area (TPSA) is 24.1 Å². The zero-order chi connectivity index (χ0) is 11.5.